The third-order valence-electron chi connectivity index (χ3n) is 6.48. The highest BCUT2D eigenvalue weighted by molar-refractivity contribution is 5.90. The Bertz CT molecular complexity index is 1190. The topological polar surface area (TPSA) is 97.2 Å². The Balaban J connectivity index is 1.25. The van der Waals surface area contributed by atoms with E-state index in [-0.39, 0.29) is 18.4 Å². The van der Waals surface area contributed by atoms with Gasteiger partial charge < -0.3 is 20.3 Å². The van der Waals surface area contributed by atoms with Crippen molar-refractivity contribution in [3.8, 4) is 0 Å². The first kappa shape index (κ1) is 22.3. The first-order valence-corrected chi connectivity index (χ1v) is 11.5. The summed E-state index contributed by atoms with van der Waals surface area (Å²) in [6, 6.07) is 6.60. The largest absolute Gasteiger partial charge is 0.381 e. The van der Waals surface area contributed by atoms with Gasteiger partial charge in [0.1, 0.15) is 5.82 Å². The maximum absolute atomic E-state index is 13.9. The predicted octanol–water partition coefficient (Wildman–Crippen LogP) is 3.73. The number of nitrogens with zero attached hydrogens (tertiary/aromatic N) is 5. The molecule has 34 heavy (non-hydrogen) atoms. The second-order valence-electron chi connectivity index (χ2n) is 9.18. The maximum atomic E-state index is 13.9. The molecule has 3 aromatic rings. The molecule has 0 spiro atoms. The summed E-state index contributed by atoms with van der Waals surface area (Å²) in [5.74, 6) is 0.296. The van der Waals surface area contributed by atoms with Crippen molar-refractivity contribution in [1.29, 1.82) is 0 Å². The van der Waals surface area contributed by atoms with Crippen molar-refractivity contribution in [2.24, 2.45) is 0 Å². The molecule has 1 fully saturated rings. The molecule has 10 heteroatoms. The highest BCUT2D eigenvalue weighted by Gasteiger charge is 2.42. The number of rotatable bonds is 5. The Labute approximate surface area is 197 Å². The molecule has 2 aliphatic heterocycles. The number of carbonyl (C=O) groups is 1. The molecule has 1 saturated heterocycles. The molecule has 0 saturated carbocycles. The fourth-order valence-corrected chi connectivity index (χ4v) is 4.47. The monoisotopic (exact) mass is 465 g/mol. The molecule has 5 rings (SSSR count). The van der Waals surface area contributed by atoms with Gasteiger partial charge in [0.2, 0.25) is 5.95 Å². The van der Waals surface area contributed by atoms with Crippen LogP contribution in [0.1, 0.15) is 43.5 Å². The van der Waals surface area contributed by atoms with Crippen molar-refractivity contribution in [3.05, 3.63) is 65.5 Å². The third-order valence-corrected chi connectivity index (χ3v) is 6.48. The van der Waals surface area contributed by atoms with Gasteiger partial charge in [-0.15, -0.1) is 0 Å². The normalized spacial score (nSPS) is 17.4. The number of carbonyl (C=O) groups excluding carboxylic acids is 1. The minimum atomic E-state index is -0.570. The van der Waals surface area contributed by atoms with E-state index in [1.807, 2.05) is 20.0 Å². The number of fused-ring (bicyclic) bond motifs is 1. The quantitative estimate of drug-likeness (QED) is 0.596. The average molecular weight is 466 g/mol. The Morgan fingerprint density at radius 3 is 2.82 bits per heavy atom. The van der Waals surface area contributed by atoms with Crippen LogP contribution in [0.4, 0.5) is 20.8 Å². The highest BCUT2D eigenvalue weighted by atomic mass is 19.1. The van der Waals surface area contributed by atoms with Crippen LogP contribution in [-0.4, -0.2) is 49.9 Å². The van der Waals surface area contributed by atoms with E-state index < -0.39 is 5.54 Å². The number of amides is 2. The predicted molar refractivity (Wildman–Crippen MR) is 125 cm³/mol. The van der Waals surface area contributed by atoms with Crippen molar-refractivity contribution < 1.29 is 13.9 Å². The second kappa shape index (κ2) is 9.02. The summed E-state index contributed by atoms with van der Waals surface area (Å²) >= 11 is 0. The van der Waals surface area contributed by atoms with Crippen LogP contribution < -0.4 is 10.6 Å². The lowest BCUT2D eigenvalue weighted by molar-refractivity contribution is 0.0903. The Hall–Kier alpha value is -3.53. The first-order valence-electron chi connectivity index (χ1n) is 11.5. The minimum Gasteiger partial charge on any atom is -0.381 e. The molecule has 1 aromatic carbocycles. The summed E-state index contributed by atoms with van der Waals surface area (Å²) in [6.07, 6.45) is 6.90. The van der Waals surface area contributed by atoms with Gasteiger partial charge in [0, 0.05) is 42.8 Å². The number of hydrogen-bond acceptors (Lipinski definition) is 6. The molecule has 0 unspecified atom stereocenters. The molecular weight excluding hydrogens is 437 g/mol. The fourth-order valence-electron chi connectivity index (χ4n) is 4.47. The van der Waals surface area contributed by atoms with Gasteiger partial charge in [-0.3, -0.25) is 4.68 Å². The lowest BCUT2D eigenvalue weighted by atomic mass is 9.97. The molecular formula is C24H28FN7O2. The van der Waals surface area contributed by atoms with Gasteiger partial charge in [0.05, 0.1) is 36.2 Å². The van der Waals surface area contributed by atoms with Gasteiger partial charge in [-0.05, 0) is 32.8 Å². The van der Waals surface area contributed by atoms with Gasteiger partial charge >= 0.3 is 6.03 Å². The van der Waals surface area contributed by atoms with Gasteiger partial charge in [-0.25, -0.2) is 19.2 Å². The van der Waals surface area contributed by atoms with E-state index in [2.05, 4.69) is 20.7 Å². The molecule has 0 bridgehead atoms. The van der Waals surface area contributed by atoms with Crippen LogP contribution in [0.25, 0.3) is 0 Å². The van der Waals surface area contributed by atoms with Gasteiger partial charge in [0.25, 0.3) is 0 Å². The van der Waals surface area contributed by atoms with Gasteiger partial charge in [0.15, 0.2) is 0 Å². The number of urea groups is 1. The highest BCUT2D eigenvalue weighted by Crippen LogP contribution is 2.38. The van der Waals surface area contributed by atoms with Crippen molar-refractivity contribution in [2.75, 3.05) is 23.8 Å². The third kappa shape index (κ3) is 4.45. The van der Waals surface area contributed by atoms with E-state index in [0.29, 0.717) is 29.8 Å². The van der Waals surface area contributed by atoms with Crippen LogP contribution in [-0.2, 0) is 23.4 Å². The molecule has 0 atom stereocenters. The number of aromatic nitrogens is 4. The molecule has 0 aliphatic carbocycles. The molecule has 2 aliphatic rings. The number of anilines is 2. The number of benzene rings is 1. The van der Waals surface area contributed by atoms with E-state index in [0.717, 1.165) is 37.3 Å². The summed E-state index contributed by atoms with van der Waals surface area (Å²) in [5, 5.41) is 10.5. The summed E-state index contributed by atoms with van der Waals surface area (Å²) in [7, 11) is 0. The van der Waals surface area contributed by atoms with Crippen LogP contribution >= 0.6 is 0 Å². The Kier molecular flexibility index (Phi) is 5.91. The number of halogens is 1. The van der Waals surface area contributed by atoms with Gasteiger partial charge in [-0.2, -0.15) is 5.10 Å². The number of ether oxygens (including phenoxy) is 1. The second-order valence-corrected chi connectivity index (χ2v) is 9.18. The molecule has 4 heterocycles. The molecule has 178 valence electrons. The maximum Gasteiger partial charge on any atom is 0.323 e. The molecule has 2 aromatic heterocycles. The summed E-state index contributed by atoms with van der Waals surface area (Å²) < 4.78 is 20.9. The van der Waals surface area contributed by atoms with Gasteiger partial charge in [-0.1, -0.05) is 18.2 Å². The van der Waals surface area contributed by atoms with E-state index in [9.17, 15) is 9.18 Å². The van der Waals surface area contributed by atoms with E-state index in [4.69, 9.17) is 9.72 Å². The zero-order valence-corrected chi connectivity index (χ0v) is 19.3. The average Bonchev–Trinajstić information content (AvgIpc) is 3.36. The molecule has 2 N–H and O–H groups in total. The summed E-state index contributed by atoms with van der Waals surface area (Å²) in [5.41, 5.74) is 2.26. The van der Waals surface area contributed by atoms with Crippen molar-refractivity contribution >= 4 is 17.7 Å². The molecule has 0 radical (unpaired) electrons. The van der Waals surface area contributed by atoms with Crippen LogP contribution in [0.3, 0.4) is 0 Å². The summed E-state index contributed by atoms with van der Waals surface area (Å²) in [6.45, 7) is 6.09. The van der Waals surface area contributed by atoms with E-state index in [1.165, 1.54) is 6.07 Å². The number of hydrogen-bond donors (Lipinski definition) is 2. The Morgan fingerprint density at radius 2 is 2.03 bits per heavy atom. The SMILES string of the molecule is CC1(C)c2cnc(NC3CCOCC3)nc2CN1C(=O)Nc1cnn(Cc2ccccc2F)c1. The van der Waals surface area contributed by atoms with Crippen LogP contribution in [0.2, 0.25) is 0 Å². The van der Waals surface area contributed by atoms with Crippen LogP contribution in [0, 0.1) is 5.82 Å². The van der Waals surface area contributed by atoms with Crippen LogP contribution in [0.15, 0.2) is 42.9 Å². The number of nitrogens with one attached hydrogen (secondary N) is 2. The van der Waals surface area contributed by atoms with Crippen LogP contribution in [0.5, 0.6) is 0 Å². The lowest BCUT2D eigenvalue weighted by Gasteiger charge is -2.31. The zero-order valence-electron chi connectivity index (χ0n) is 19.3. The molecule has 2 amide bonds. The van der Waals surface area contributed by atoms with E-state index in [1.54, 1.807) is 40.2 Å². The zero-order chi connectivity index (χ0) is 23.7. The smallest absolute Gasteiger partial charge is 0.323 e. The minimum absolute atomic E-state index is 0.257. The van der Waals surface area contributed by atoms with E-state index >= 15 is 0 Å². The van der Waals surface area contributed by atoms with Crippen molar-refractivity contribution in [1.82, 2.24) is 24.6 Å². The first-order chi connectivity index (χ1) is 16.4. The van der Waals surface area contributed by atoms with Crippen molar-refractivity contribution in [3.63, 3.8) is 0 Å². The fraction of sp³-hybridized carbons (Fsp3) is 0.417. The standard InChI is InChI=1S/C24H28FN7O2/c1-24(2)19-12-26-22(28-17-7-9-34-10-8-17)30-21(19)15-32(24)23(33)29-18-11-27-31(14-18)13-16-5-3-4-6-20(16)25/h3-6,11-12,14,17H,7-10,13,15H2,1-2H3,(H,29,33)(H,26,28,30). The Morgan fingerprint density at radius 1 is 1.24 bits per heavy atom. The van der Waals surface area contributed by atoms with Crippen molar-refractivity contribution in [2.45, 2.75) is 51.4 Å². The lowest BCUT2D eigenvalue weighted by Crippen LogP contribution is -2.42. The summed E-state index contributed by atoms with van der Waals surface area (Å²) in [4.78, 5) is 24.1. The molecule has 9 nitrogen and oxygen atoms in total.